The van der Waals surface area contributed by atoms with Crippen molar-refractivity contribution in [2.24, 2.45) is 0 Å². The SMILES string of the molecule is O=C(NCc1nc(-c2ccc(Cl)cc2)no1)c1ccc2[nH]c(=O)c(=O)[nH]c2c1. The van der Waals surface area contributed by atoms with Crippen LogP contribution in [0.1, 0.15) is 16.2 Å². The number of aromatic nitrogens is 4. The fourth-order valence-electron chi connectivity index (χ4n) is 2.56. The van der Waals surface area contributed by atoms with E-state index in [1.165, 1.54) is 18.2 Å². The summed E-state index contributed by atoms with van der Waals surface area (Å²) < 4.78 is 5.14. The Balaban J connectivity index is 1.48. The number of carbonyl (C=O) groups excluding carboxylic acids is 1. The van der Waals surface area contributed by atoms with Crippen LogP contribution >= 0.6 is 11.6 Å². The van der Waals surface area contributed by atoms with Gasteiger partial charge in [0.2, 0.25) is 11.7 Å². The molecule has 1 amide bonds. The number of nitrogens with zero attached hydrogens (tertiary/aromatic N) is 2. The number of rotatable bonds is 4. The Morgan fingerprint density at radius 1 is 1.04 bits per heavy atom. The lowest BCUT2D eigenvalue weighted by Crippen LogP contribution is -2.29. The van der Waals surface area contributed by atoms with E-state index < -0.39 is 17.0 Å². The zero-order valence-corrected chi connectivity index (χ0v) is 14.9. The molecule has 28 heavy (non-hydrogen) atoms. The Labute approximate surface area is 161 Å². The van der Waals surface area contributed by atoms with Crippen molar-refractivity contribution in [2.45, 2.75) is 6.54 Å². The summed E-state index contributed by atoms with van der Waals surface area (Å²) in [6.45, 7) is 0.0274. The Morgan fingerprint density at radius 2 is 1.75 bits per heavy atom. The third-order valence-electron chi connectivity index (χ3n) is 3.96. The van der Waals surface area contributed by atoms with Crippen LogP contribution in [0.15, 0.2) is 56.6 Å². The molecule has 0 unspecified atom stereocenters. The summed E-state index contributed by atoms with van der Waals surface area (Å²) in [7, 11) is 0. The summed E-state index contributed by atoms with van der Waals surface area (Å²) in [5.74, 6) is 0.213. The van der Waals surface area contributed by atoms with Gasteiger partial charge in [0.15, 0.2) is 0 Å². The monoisotopic (exact) mass is 397 g/mol. The van der Waals surface area contributed by atoms with Gasteiger partial charge >= 0.3 is 11.1 Å². The van der Waals surface area contributed by atoms with Gasteiger partial charge in [-0.05, 0) is 42.5 Å². The van der Waals surface area contributed by atoms with Gasteiger partial charge < -0.3 is 19.8 Å². The van der Waals surface area contributed by atoms with E-state index in [2.05, 4.69) is 25.4 Å². The first-order chi connectivity index (χ1) is 13.5. The third-order valence-corrected chi connectivity index (χ3v) is 4.21. The third kappa shape index (κ3) is 3.55. The van der Waals surface area contributed by atoms with Gasteiger partial charge in [0.1, 0.15) is 0 Å². The zero-order valence-electron chi connectivity index (χ0n) is 14.2. The molecule has 0 aliphatic rings. The molecular formula is C18H12ClN5O4. The van der Waals surface area contributed by atoms with Crippen molar-refractivity contribution in [3.05, 3.63) is 79.6 Å². The van der Waals surface area contributed by atoms with Crippen molar-refractivity contribution in [3.8, 4) is 11.4 Å². The van der Waals surface area contributed by atoms with Crippen LogP contribution in [0.25, 0.3) is 22.4 Å². The minimum absolute atomic E-state index is 0.0274. The molecule has 0 fully saturated rings. The Kier molecular flexibility index (Phi) is 4.50. The second-order valence-electron chi connectivity index (χ2n) is 5.87. The molecule has 9 nitrogen and oxygen atoms in total. The molecule has 0 radical (unpaired) electrons. The number of aromatic amines is 2. The topological polar surface area (TPSA) is 134 Å². The van der Waals surface area contributed by atoms with Crippen LogP contribution in [-0.2, 0) is 6.54 Å². The quantitative estimate of drug-likeness (QED) is 0.450. The summed E-state index contributed by atoms with van der Waals surface area (Å²) in [5, 5.41) is 7.13. The maximum atomic E-state index is 12.3. The highest BCUT2D eigenvalue weighted by Crippen LogP contribution is 2.18. The normalized spacial score (nSPS) is 10.9. The van der Waals surface area contributed by atoms with Gasteiger partial charge in [-0.1, -0.05) is 16.8 Å². The summed E-state index contributed by atoms with van der Waals surface area (Å²) in [5.41, 5.74) is 0.264. The first-order valence-corrected chi connectivity index (χ1v) is 8.50. The van der Waals surface area contributed by atoms with E-state index >= 15 is 0 Å². The molecule has 0 saturated heterocycles. The summed E-state index contributed by atoms with van der Waals surface area (Å²) >= 11 is 5.85. The molecule has 3 N–H and O–H groups in total. The Bertz CT molecular complexity index is 1290. The minimum Gasteiger partial charge on any atom is -0.343 e. The van der Waals surface area contributed by atoms with Crippen molar-refractivity contribution in [3.63, 3.8) is 0 Å². The van der Waals surface area contributed by atoms with Crippen molar-refractivity contribution < 1.29 is 9.32 Å². The smallest absolute Gasteiger partial charge is 0.314 e. The number of hydrogen-bond donors (Lipinski definition) is 3. The van der Waals surface area contributed by atoms with E-state index in [1.54, 1.807) is 24.3 Å². The standard InChI is InChI=1S/C18H12ClN5O4/c19-11-4-1-9(2-5-11)15-23-14(28-24-15)8-20-16(25)10-3-6-12-13(7-10)22-18(27)17(26)21-12/h1-7H,8H2,(H,20,25)(H,21,26)(H,22,27). The van der Waals surface area contributed by atoms with Crippen molar-refractivity contribution >= 4 is 28.5 Å². The number of amides is 1. The van der Waals surface area contributed by atoms with E-state index in [0.717, 1.165) is 5.56 Å². The second-order valence-corrected chi connectivity index (χ2v) is 6.31. The van der Waals surface area contributed by atoms with E-state index in [1.807, 2.05) is 0 Å². The molecule has 4 aromatic rings. The molecule has 0 atom stereocenters. The van der Waals surface area contributed by atoms with Crippen molar-refractivity contribution in [1.82, 2.24) is 25.4 Å². The van der Waals surface area contributed by atoms with Gasteiger partial charge in [-0.3, -0.25) is 14.4 Å². The van der Waals surface area contributed by atoms with Gasteiger partial charge in [-0.2, -0.15) is 4.98 Å². The van der Waals surface area contributed by atoms with Gasteiger partial charge in [0.05, 0.1) is 17.6 Å². The molecule has 0 aliphatic heterocycles. The molecule has 10 heteroatoms. The fourth-order valence-corrected chi connectivity index (χ4v) is 2.68. The summed E-state index contributed by atoms with van der Waals surface area (Å²) in [4.78, 5) is 44.2. The molecule has 2 heterocycles. The van der Waals surface area contributed by atoms with Crippen LogP contribution in [-0.4, -0.2) is 26.0 Å². The predicted octanol–water partition coefficient (Wildman–Crippen LogP) is 1.85. The largest absolute Gasteiger partial charge is 0.343 e. The van der Waals surface area contributed by atoms with Crippen molar-refractivity contribution in [2.75, 3.05) is 0 Å². The highest BCUT2D eigenvalue weighted by Gasteiger charge is 2.12. The molecule has 0 aliphatic carbocycles. The fraction of sp³-hybridized carbons (Fsp3) is 0.0556. The maximum Gasteiger partial charge on any atom is 0.314 e. The van der Waals surface area contributed by atoms with Gasteiger partial charge in [-0.15, -0.1) is 0 Å². The Hall–Kier alpha value is -3.72. The highest BCUT2D eigenvalue weighted by molar-refractivity contribution is 6.30. The zero-order chi connectivity index (χ0) is 19.7. The van der Waals surface area contributed by atoms with Gasteiger partial charge in [-0.25, -0.2) is 0 Å². The number of fused-ring (bicyclic) bond motifs is 1. The number of H-pyrrole nitrogens is 2. The van der Waals surface area contributed by atoms with Crippen molar-refractivity contribution in [1.29, 1.82) is 0 Å². The molecule has 0 spiro atoms. The molecular weight excluding hydrogens is 386 g/mol. The van der Waals surface area contributed by atoms with Crippen LogP contribution in [0, 0.1) is 0 Å². The lowest BCUT2D eigenvalue weighted by Gasteiger charge is -2.04. The number of halogens is 1. The lowest BCUT2D eigenvalue weighted by atomic mass is 10.2. The van der Waals surface area contributed by atoms with Crippen LogP contribution in [0.3, 0.4) is 0 Å². The molecule has 140 valence electrons. The highest BCUT2D eigenvalue weighted by atomic mass is 35.5. The number of nitrogens with one attached hydrogen (secondary N) is 3. The van der Waals surface area contributed by atoms with E-state index in [9.17, 15) is 14.4 Å². The van der Waals surface area contributed by atoms with Crippen LogP contribution in [0.4, 0.5) is 0 Å². The Morgan fingerprint density at radius 3 is 2.50 bits per heavy atom. The van der Waals surface area contributed by atoms with Gasteiger partial charge in [0, 0.05) is 16.1 Å². The number of hydrogen-bond acceptors (Lipinski definition) is 6. The molecule has 4 rings (SSSR count). The van der Waals surface area contributed by atoms with Crippen LogP contribution in [0.2, 0.25) is 5.02 Å². The first kappa shape index (κ1) is 17.7. The first-order valence-electron chi connectivity index (χ1n) is 8.13. The van der Waals surface area contributed by atoms with E-state index in [4.69, 9.17) is 16.1 Å². The molecule has 0 bridgehead atoms. The second kappa shape index (κ2) is 7.12. The maximum absolute atomic E-state index is 12.3. The molecule has 2 aromatic heterocycles. The average molecular weight is 398 g/mol. The molecule has 2 aromatic carbocycles. The molecule has 0 saturated carbocycles. The van der Waals surface area contributed by atoms with Crippen LogP contribution < -0.4 is 16.4 Å². The van der Waals surface area contributed by atoms with Crippen LogP contribution in [0.5, 0.6) is 0 Å². The average Bonchev–Trinajstić information content (AvgIpc) is 3.16. The summed E-state index contributed by atoms with van der Waals surface area (Å²) in [6, 6.07) is 11.5. The number of carbonyl (C=O) groups is 1. The lowest BCUT2D eigenvalue weighted by molar-refractivity contribution is 0.0946. The van der Waals surface area contributed by atoms with Gasteiger partial charge in [0.25, 0.3) is 5.91 Å². The van der Waals surface area contributed by atoms with E-state index in [-0.39, 0.29) is 12.4 Å². The number of benzene rings is 2. The predicted molar refractivity (Wildman–Crippen MR) is 101 cm³/mol. The summed E-state index contributed by atoms with van der Waals surface area (Å²) in [6.07, 6.45) is 0. The minimum atomic E-state index is -0.786. The van der Waals surface area contributed by atoms with E-state index in [0.29, 0.717) is 27.4 Å².